The number of hydrogen-bond donors (Lipinski definition) is 3. The molecule has 0 bridgehead atoms. The van der Waals surface area contributed by atoms with Crippen LogP contribution in [0.5, 0.6) is 5.75 Å². The highest BCUT2D eigenvalue weighted by Crippen LogP contribution is 2.27. The van der Waals surface area contributed by atoms with Crippen LogP contribution in [0.3, 0.4) is 0 Å². The molecule has 0 spiro atoms. The zero-order chi connectivity index (χ0) is 14.0. The molecule has 0 radical (unpaired) electrons. The van der Waals surface area contributed by atoms with Gasteiger partial charge in [0.1, 0.15) is 6.54 Å². The van der Waals surface area contributed by atoms with E-state index < -0.39 is 18.4 Å². The number of carboxylic acids is 1. The predicted molar refractivity (Wildman–Crippen MR) is 68.1 cm³/mol. The highest BCUT2D eigenvalue weighted by molar-refractivity contribution is 6.02. The molecule has 1 amide bonds. The van der Waals surface area contributed by atoms with Gasteiger partial charge >= 0.3 is 5.97 Å². The molecule has 98 valence electrons. The molecule has 6 heteroatoms. The van der Waals surface area contributed by atoms with Gasteiger partial charge in [0, 0.05) is 17.0 Å². The summed E-state index contributed by atoms with van der Waals surface area (Å²) in [6.07, 6.45) is 1.47. The van der Waals surface area contributed by atoms with Crippen LogP contribution in [0.2, 0.25) is 0 Å². The summed E-state index contributed by atoms with van der Waals surface area (Å²) in [6.45, 7) is 1.38. The number of carbonyl (C=O) groups excluding carboxylic acids is 1. The average Bonchev–Trinajstić information content (AvgIpc) is 2.36. The summed E-state index contributed by atoms with van der Waals surface area (Å²) >= 11 is 0. The molecule has 0 fully saturated rings. The van der Waals surface area contributed by atoms with Gasteiger partial charge in [0.25, 0.3) is 5.91 Å². The van der Waals surface area contributed by atoms with Gasteiger partial charge in [-0.25, -0.2) is 4.98 Å². The van der Waals surface area contributed by atoms with Crippen molar-refractivity contribution >= 4 is 22.6 Å². The molecular formula is C13H12N2O4. The minimum atomic E-state index is -1.16. The zero-order valence-corrected chi connectivity index (χ0v) is 10.2. The molecule has 6 nitrogen and oxygen atoms in total. The van der Waals surface area contributed by atoms with E-state index in [2.05, 4.69) is 10.3 Å². The lowest BCUT2D eigenvalue weighted by Crippen LogP contribution is -2.29. The maximum Gasteiger partial charge on any atom is 0.322 e. The van der Waals surface area contributed by atoms with Crippen molar-refractivity contribution in [2.45, 2.75) is 6.92 Å². The fourth-order valence-corrected chi connectivity index (χ4v) is 1.73. The number of aryl methyl sites for hydroxylation is 1. The molecule has 2 aromatic rings. The van der Waals surface area contributed by atoms with E-state index in [1.807, 2.05) is 13.0 Å². The van der Waals surface area contributed by atoms with Crippen molar-refractivity contribution in [1.29, 1.82) is 0 Å². The Bertz CT molecular complexity index is 667. The van der Waals surface area contributed by atoms with Gasteiger partial charge in [-0.3, -0.25) is 9.59 Å². The van der Waals surface area contributed by atoms with Gasteiger partial charge in [-0.2, -0.15) is 0 Å². The molecule has 0 atom stereocenters. The SMILES string of the molecule is Cc1ccc2c(O)c(C(=O)NCC(=O)O)ncc2c1. The molecule has 0 saturated heterocycles. The Morgan fingerprint density at radius 3 is 2.79 bits per heavy atom. The van der Waals surface area contributed by atoms with Crippen LogP contribution in [0.15, 0.2) is 24.4 Å². The van der Waals surface area contributed by atoms with E-state index >= 15 is 0 Å². The standard InChI is InChI=1S/C13H12N2O4/c1-7-2-3-9-8(4-7)5-14-11(12(9)18)13(19)15-6-10(16)17/h2-5,18H,6H2,1H3,(H,15,19)(H,16,17). The van der Waals surface area contributed by atoms with Crippen molar-refractivity contribution in [1.82, 2.24) is 10.3 Å². The van der Waals surface area contributed by atoms with Crippen LogP contribution in [-0.4, -0.2) is 33.6 Å². The number of amides is 1. The van der Waals surface area contributed by atoms with Gasteiger partial charge in [-0.05, 0) is 13.0 Å². The number of nitrogens with one attached hydrogen (secondary N) is 1. The van der Waals surface area contributed by atoms with Crippen LogP contribution in [0.1, 0.15) is 16.1 Å². The molecule has 0 unspecified atom stereocenters. The minimum absolute atomic E-state index is 0.183. The Kier molecular flexibility index (Phi) is 3.33. The second-order valence-corrected chi connectivity index (χ2v) is 4.12. The van der Waals surface area contributed by atoms with E-state index in [0.717, 1.165) is 5.56 Å². The summed E-state index contributed by atoms with van der Waals surface area (Å²) < 4.78 is 0. The molecule has 1 aromatic carbocycles. The van der Waals surface area contributed by atoms with Crippen LogP contribution in [0.25, 0.3) is 10.8 Å². The Morgan fingerprint density at radius 1 is 1.37 bits per heavy atom. The van der Waals surface area contributed by atoms with Gasteiger partial charge in [0.15, 0.2) is 11.4 Å². The predicted octanol–water partition coefficient (Wildman–Crippen LogP) is 1.06. The molecule has 2 rings (SSSR count). The summed E-state index contributed by atoms with van der Waals surface area (Å²) in [5.41, 5.74) is 0.828. The van der Waals surface area contributed by atoms with Crippen molar-refractivity contribution in [3.63, 3.8) is 0 Å². The first-order valence-electron chi connectivity index (χ1n) is 5.57. The number of nitrogens with zero attached hydrogens (tertiary/aromatic N) is 1. The van der Waals surface area contributed by atoms with Crippen molar-refractivity contribution < 1.29 is 19.8 Å². The second-order valence-electron chi connectivity index (χ2n) is 4.12. The number of fused-ring (bicyclic) bond motifs is 1. The Morgan fingerprint density at radius 2 is 2.11 bits per heavy atom. The van der Waals surface area contributed by atoms with Gasteiger partial charge in [0.05, 0.1) is 0 Å². The summed E-state index contributed by atoms with van der Waals surface area (Å²) in [5, 5.41) is 21.9. The van der Waals surface area contributed by atoms with E-state index in [-0.39, 0.29) is 11.4 Å². The van der Waals surface area contributed by atoms with Crippen molar-refractivity contribution in [3.05, 3.63) is 35.7 Å². The molecule has 0 aliphatic heterocycles. The molecule has 3 N–H and O–H groups in total. The number of rotatable bonds is 3. The van der Waals surface area contributed by atoms with Crippen molar-refractivity contribution in [2.75, 3.05) is 6.54 Å². The zero-order valence-electron chi connectivity index (χ0n) is 10.2. The van der Waals surface area contributed by atoms with Crippen LogP contribution in [0, 0.1) is 6.92 Å². The fraction of sp³-hybridized carbons (Fsp3) is 0.154. The molecule has 1 heterocycles. The molecule has 0 aliphatic carbocycles. The van der Waals surface area contributed by atoms with Crippen molar-refractivity contribution in [3.8, 4) is 5.75 Å². The Balaban J connectivity index is 2.40. The van der Waals surface area contributed by atoms with Crippen LogP contribution in [0.4, 0.5) is 0 Å². The highest BCUT2D eigenvalue weighted by atomic mass is 16.4. The van der Waals surface area contributed by atoms with E-state index in [1.54, 1.807) is 12.1 Å². The first-order valence-corrected chi connectivity index (χ1v) is 5.57. The third kappa shape index (κ3) is 2.62. The topological polar surface area (TPSA) is 99.5 Å². The van der Waals surface area contributed by atoms with E-state index in [9.17, 15) is 14.7 Å². The largest absolute Gasteiger partial charge is 0.505 e. The van der Waals surface area contributed by atoms with Crippen molar-refractivity contribution in [2.24, 2.45) is 0 Å². The number of aromatic hydroxyl groups is 1. The van der Waals surface area contributed by atoms with Gasteiger partial charge in [-0.15, -0.1) is 0 Å². The van der Waals surface area contributed by atoms with Gasteiger partial charge in [0.2, 0.25) is 0 Å². The smallest absolute Gasteiger partial charge is 0.322 e. The highest BCUT2D eigenvalue weighted by Gasteiger charge is 2.16. The Hall–Kier alpha value is -2.63. The number of aliphatic carboxylic acids is 1. The maximum atomic E-state index is 11.7. The van der Waals surface area contributed by atoms with Gasteiger partial charge in [-0.1, -0.05) is 17.7 Å². The lowest BCUT2D eigenvalue weighted by molar-refractivity contribution is -0.135. The lowest BCUT2D eigenvalue weighted by atomic mass is 10.1. The maximum absolute atomic E-state index is 11.7. The number of carboxylic acid groups (broad SMARTS) is 1. The summed E-state index contributed by atoms with van der Waals surface area (Å²) in [4.78, 5) is 25.9. The van der Waals surface area contributed by atoms with E-state index in [1.165, 1.54) is 6.20 Å². The minimum Gasteiger partial charge on any atom is -0.505 e. The second kappa shape index (κ2) is 4.93. The van der Waals surface area contributed by atoms with Gasteiger partial charge < -0.3 is 15.5 Å². The van der Waals surface area contributed by atoms with Crippen LogP contribution < -0.4 is 5.32 Å². The first kappa shape index (κ1) is 12.8. The first-order chi connectivity index (χ1) is 8.99. The Labute approximate surface area is 108 Å². The quantitative estimate of drug-likeness (QED) is 0.766. The van der Waals surface area contributed by atoms with E-state index in [0.29, 0.717) is 10.8 Å². The average molecular weight is 260 g/mol. The van der Waals surface area contributed by atoms with Crippen LogP contribution in [-0.2, 0) is 4.79 Å². The number of aromatic nitrogens is 1. The fourth-order valence-electron chi connectivity index (χ4n) is 1.73. The monoisotopic (exact) mass is 260 g/mol. The molecule has 1 aromatic heterocycles. The number of pyridine rings is 1. The molecule has 0 aliphatic rings. The van der Waals surface area contributed by atoms with E-state index in [4.69, 9.17) is 5.11 Å². The third-order valence-corrected chi connectivity index (χ3v) is 2.63. The van der Waals surface area contributed by atoms with Crippen LogP contribution >= 0.6 is 0 Å². The summed E-state index contributed by atoms with van der Waals surface area (Å²) in [7, 11) is 0. The lowest BCUT2D eigenvalue weighted by Gasteiger charge is -2.07. The summed E-state index contributed by atoms with van der Waals surface area (Å²) in [6, 6.07) is 5.33. The molecule has 19 heavy (non-hydrogen) atoms. The number of carbonyl (C=O) groups is 2. The molecule has 0 saturated carbocycles. The number of hydrogen-bond acceptors (Lipinski definition) is 4. The normalized spacial score (nSPS) is 10.4. The molecular weight excluding hydrogens is 248 g/mol. The number of benzene rings is 1. The third-order valence-electron chi connectivity index (χ3n) is 2.63. The summed E-state index contributed by atoms with van der Waals surface area (Å²) in [5.74, 6) is -2.13.